The van der Waals surface area contributed by atoms with Gasteiger partial charge < -0.3 is 15.0 Å². The van der Waals surface area contributed by atoms with Crippen LogP contribution in [0.25, 0.3) is 21.7 Å². The number of aryl methyl sites for hydroxylation is 1. The van der Waals surface area contributed by atoms with Gasteiger partial charge in [-0.3, -0.25) is 4.79 Å². The normalized spacial score (nSPS) is 12.4. The van der Waals surface area contributed by atoms with Crippen LogP contribution in [0.15, 0.2) is 72.9 Å². The van der Waals surface area contributed by atoms with Crippen LogP contribution in [-0.2, 0) is 7.05 Å². The Labute approximate surface area is 151 Å². The van der Waals surface area contributed by atoms with Crippen LogP contribution in [0.2, 0.25) is 0 Å². The highest BCUT2D eigenvalue weighted by Crippen LogP contribution is 2.21. The highest BCUT2D eigenvalue weighted by molar-refractivity contribution is 6.06. The van der Waals surface area contributed by atoms with Gasteiger partial charge in [-0.1, -0.05) is 42.5 Å². The van der Waals surface area contributed by atoms with E-state index in [4.69, 9.17) is 0 Å². The minimum Gasteiger partial charge on any atom is -0.387 e. The maximum Gasteiger partial charge on any atom is 0.252 e. The number of amides is 1. The summed E-state index contributed by atoms with van der Waals surface area (Å²) >= 11 is 0. The van der Waals surface area contributed by atoms with Crippen molar-refractivity contribution in [1.82, 2.24) is 9.88 Å². The summed E-state index contributed by atoms with van der Waals surface area (Å²) in [5.41, 5.74) is 2.42. The molecule has 0 spiro atoms. The molecule has 130 valence electrons. The second-order valence-corrected chi connectivity index (χ2v) is 6.50. The van der Waals surface area contributed by atoms with Gasteiger partial charge in [0.05, 0.1) is 6.10 Å². The van der Waals surface area contributed by atoms with Crippen molar-refractivity contribution < 1.29 is 9.90 Å². The van der Waals surface area contributed by atoms with Crippen LogP contribution in [0.4, 0.5) is 0 Å². The highest BCUT2D eigenvalue weighted by atomic mass is 16.3. The third-order valence-corrected chi connectivity index (χ3v) is 4.79. The first-order valence-electron chi connectivity index (χ1n) is 8.62. The van der Waals surface area contributed by atoms with Crippen molar-refractivity contribution in [3.63, 3.8) is 0 Å². The van der Waals surface area contributed by atoms with Crippen LogP contribution >= 0.6 is 0 Å². The Balaban J connectivity index is 1.51. The van der Waals surface area contributed by atoms with Crippen LogP contribution in [0.3, 0.4) is 0 Å². The molecule has 4 heteroatoms. The number of aromatic nitrogens is 1. The molecule has 2 N–H and O–H groups in total. The molecule has 0 radical (unpaired) electrons. The molecule has 1 aromatic heterocycles. The van der Waals surface area contributed by atoms with Gasteiger partial charge in [0.2, 0.25) is 0 Å². The molecule has 1 unspecified atom stereocenters. The quantitative estimate of drug-likeness (QED) is 0.592. The second-order valence-electron chi connectivity index (χ2n) is 6.50. The number of benzene rings is 3. The smallest absolute Gasteiger partial charge is 0.252 e. The van der Waals surface area contributed by atoms with Gasteiger partial charge in [-0.05, 0) is 40.6 Å². The molecule has 1 heterocycles. The molecule has 0 saturated heterocycles. The van der Waals surface area contributed by atoms with E-state index >= 15 is 0 Å². The van der Waals surface area contributed by atoms with Crippen LogP contribution in [0.5, 0.6) is 0 Å². The zero-order chi connectivity index (χ0) is 18.1. The molecule has 1 atom stereocenters. The molecule has 0 aliphatic heterocycles. The molecule has 0 bridgehead atoms. The fourth-order valence-electron chi connectivity index (χ4n) is 3.32. The topological polar surface area (TPSA) is 54.3 Å². The van der Waals surface area contributed by atoms with Crippen molar-refractivity contribution in [2.75, 3.05) is 6.54 Å². The summed E-state index contributed by atoms with van der Waals surface area (Å²) in [6.07, 6.45) is 1.18. The monoisotopic (exact) mass is 344 g/mol. The Morgan fingerprint density at radius 2 is 1.85 bits per heavy atom. The largest absolute Gasteiger partial charge is 0.387 e. The lowest BCUT2D eigenvalue weighted by Crippen LogP contribution is -2.28. The van der Waals surface area contributed by atoms with E-state index in [1.165, 1.54) is 0 Å². The van der Waals surface area contributed by atoms with Crippen molar-refractivity contribution in [3.8, 4) is 0 Å². The lowest BCUT2D eigenvalue weighted by molar-refractivity contribution is 0.0918. The summed E-state index contributed by atoms with van der Waals surface area (Å²) in [6.45, 7) is 0.167. The molecule has 4 rings (SSSR count). The van der Waals surface area contributed by atoms with E-state index in [2.05, 4.69) is 5.32 Å². The number of nitrogens with zero attached hydrogens (tertiary/aromatic N) is 1. The van der Waals surface area contributed by atoms with Crippen molar-refractivity contribution in [2.45, 2.75) is 6.10 Å². The summed E-state index contributed by atoms with van der Waals surface area (Å²) in [7, 11) is 1.95. The minimum atomic E-state index is -0.751. The number of hydrogen-bond donors (Lipinski definition) is 2. The Hall–Kier alpha value is -3.11. The van der Waals surface area contributed by atoms with Crippen LogP contribution in [0, 0.1) is 0 Å². The van der Waals surface area contributed by atoms with E-state index in [-0.39, 0.29) is 12.5 Å². The van der Waals surface area contributed by atoms with Gasteiger partial charge in [0.25, 0.3) is 5.91 Å². The average Bonchev–Trinajstić information content (AvgIpc) is 3.06. The third kappa shape index (κ3) is 2.95. The number of rotatable bonds is 4. The molecule has 0 aliphatic rings. The second kappa shape index (κ2) is 6.65. The molecular weight excluding hydrogens is 324 g/mol. The molecule has 3 aromatic carbocycles. The predicted molar refractivity (Wildman–Crippen MR) is 104 cm³/mol. The maximum absolute atomic E-state index is 12.6. The number of nitrogens with one attached hydrogen (secondary N) is 1. The fourth-order valence-corrected chi connectivity index (χ4v) is 3.32. The fraction of sp³-hybridized carbons (Fsp3) is 0.136. The molecule has 0 aliphatic carbocycles. The van der Waals surface area contributed by atoms with E-state index in [1.54, 1.807) is 6.07 Å². The lowest BCUT2D eigenvalue weighted by atomic mass is 10.0. The summed E-state index contributed by atoms with van der Waals surface area (Å²) in [6, 6.07) is 21.5. The molecule has 4 aromatic rings. The molecule has 0 saturated carbocycles. The van der Waals surface area contributed by atoms with Gasteiger partial charge in [-0.25, -0.2) is 0 Å². The molecular formula is C22H20N2O2. The first-order valence-corrected chi connectivity index (χ1v) is 8.62. The lowest BCUT2D eigenvalue weighted by Gasteiger charge is -2.13. The van der Waals surface area contributed by atoms with Crippen LogP contribution < -0.4 is 5.32 Å². The maximum atomic E-state index is 12.6. The van der Waals surface area contributed by atoms with Gasteiger partial charge in [0.15, 0.2) is 0 Å². The summed E-state index contributed by atoms with van der Waals surface area (Å²) in [5.74, 6) is -0.179. The van der Waals surface area contributed by atoms with Crippen molar-refractivity contribution in [1.29, 1.82) is 0 Å². The Bertz CT molecular complexity index is 1100. The Morgan fingerprint density at radius 3 is 2.69 bits per heavy atom. The molecule has 4 nitrogen and oxygen atoms in total. The SMILES string of the molecule is Cn1ccc2c(C(=O)NCC(O)c3ccc4ccccc4c3)cccc21. The first-order chi connectivity index (χ1) is 12.6. The van der Waals surface area contributed by atoms with E-state index in [0.717, 1.165) is 27.2 Å². The average molecular weight is 344 g/mol. The van der Waals surface area contributed by atoms with Gasteiger partial charge in [0, 0.05) is 36.3 Å². The number of aliphatic hydroxyl groups excluding tert-OH is 1. The summed E-state index contributed by atoms with van der Waals surface area (Å²) < 4.78 is 1.98. The van der Waals surface area contributed by atoms with Crippen molar-refractivity contribution in [3.05, 3.63) is 84.1 Å². The van der Waals surface area contributed by atoms with E-state index < -0.39 is 6.10 Å². The van der Waals surface area contributed by atoms with Gasteiger partial charge >= 0.3 is 0 Å². The molecule has 1 amide bonds. The first kappa shape index (κ1) is 16.4. The number of aliphatic hydroxyl groups is 1. The summed E-state index contributed by atoms with van der Waals surface area (Å²) in [4.78, 5) is 12.6. The zero-order valence-electron chi connectivity index (χ0n) is 14.5. The summed E-state index contributed by atoms with van der Waals surface area (Å²) in [5, 5.41) is 16.4. The van der Waals surface area contributed by atoms with Gasteiger partial charge in [-0.15, -0.1) is 0 Å². The van der Waals surface area contributed by atoms with Crippen LogP contribution in [-0.4, -0.2) is 22.1 Å². The van der Waals surface area contributed by atoms with Crippen molar-refractivity contribution in [2.24, 2.45) is 7.05 Å². The number of hydrogen-bond acceptors (Lipinski definition) is 2. The molecule has 0 fully saturated rings. The number of carbonyl (C=O) groups excluding carboxylic acids is 1. The van der Waals surface area contributed by atoms with Crippen LogP contribution in [0.1, 0.15) is 22.0 Å². The number of fused-ring (bicyclic) bond motifs is 2. The highest BCUT2D eigenvalue weighted by Gasteiger charge is 2.14. The predicted octanol–water partition coefficient (Wildman–Crippen LogP) is 3.79. The van der Waals surface area contributed by atoms with Gasteiger partial charge in [0.1, 0.15) is 0 Å². The number of carbonyl (C=O) groups is 1. The van der Waals surface area contributed by atoms with Gasteiger partial charge in [-0.2, -0.15) is 0 Å². The van der Waals surface area contributed by atoms with E-state index in [0.29, 0.717) is 5.56 Å². The standard InChI is InChI=1S/C22H20N2O2/c1-24-12-11-18-19(7-4-8-20(18)24)22(26)23-14-21(25)17-10-9-15-5-2-3-6-16(15)13-17/h2-13,21,25H,14H2,1H3,(H,23,26). The zero-order valence-corrected chi connectivity index (χ0v) is 14.5. The Morgan fingerprint density at radius 1 is 1.04 bits per heavy atom. The molecule has 26 heavy (non-hydrogen) atoms. The minimum absolute atomic E-state index is 0.167. The Kier molecular flexibility index (Phi) is 4.19. The van der Waals surface area contributed by atoms with E-state index in [9.17, 15) is 9.90 Å². The van der Waals surface area contributed by atoms with Crippen molar-refractivity contribution >= 4 is 27.6 Å². The third-order valence-electron chi connectivity index (χ3n) is 4.79. The van der Waals surface area contributed by atoms with E-state index in [1.807, 2.05) is 78.5 Å².